The third-order valence-corrected chi connectivity index (χ3v) is 6.28. The molecule has 1 nitrogen and oxygen atoms in total. The Labute approximate surface area is 130 Å². The Morgan fingerprint density at radius 1 is 1.30 bits per heavy atom. The van der Waals surface area contributed by atoms with Crippen LogP contribution in [0.25, 0.3) is 10.2 Å². The molecule has 0 radical (unpaired) electrons. The summed E-state index contributed by atoms with van der Waals surface area (Å²) in [7, 11) is 0. The number of hydrogen-bond donors (Lipinski definition) is 0. The second-order valence-electron chi connectivity index (χ2n) is 6.37. The van der Waals surface area contributed by atoms with Gasteiger partial charge in [0.25, 0.3) is 0 Å². The molecule has 1 saturated carbocycles. The SMILES string of the molecule is CC(C)C1CCC(Cl)C(Cc2nc3ccccc3s2)C1. The number of thiazole rings is 1. The molecule has 0 aliphatic heterocycles. The van der Waals surface area contributed by atoms with Crippen LogP contribution in [0.1, 0.15) is 38.1 Å². The summed E-state index contributed by atoms with van der Waals surface area (Å²) in [5.74, 6) is 2.21. The zero-order valence-electron chi connectivity index (χ0n) is 12.2. The van der Waals surface area contributed by atoms with E-state index in [1.165, 1.54) is 29.0 Å². The number of alkyl halides is 1. The van der Waals surface area contributed by atoms with E-state index < -0.39 is 0 Å². The molecule has 3 rings (SSSR count). The van der Waals surface area contributed by atoms with Crippen LogP contribution in [-0.4, -0.2) is 10.4 Å². The van der Waals surface area contributed by atoms with Crippen LogP contribution in [0, 0.1) is 17.8 Å². The molecule has 1 fully saturated rings. The molecule has 20 heavy (non-hydrogen) atoms. The highest BCUT2D eigenvalue weighted by atomic mass is 35.5. The van der Waals surface area contributed by atoms with Gasteiger partial charge in [-0.15, -0.1) is 22.9 Å². The molecule has 1 aromatic carbocycles. The van der Waals surface area contributed by atoms with E-state index in [9.17, 15) is 0 Å². The summed E-state index contributed by atoms with van der Waals surface area (Å²) in [5.41, 5.74) is 1.13. The van der Waals surface area contributed by atoms with Crippen molar-refractivity contribution in [2.45, 2.75) is 44.9 Å². The van der Waals surface area contributed by atoms with Crippen molar-refractivity contribution < 1.29 is 0 Å². The smallest absolute Gasteiger partial charge is 0.0941 e. The summed E-state index contributed by atoms with van der Waals surface area (Å²) in [6.07, 6.45) is 4.78. The Balaban J connectivity index is 1.75. The number of aromatic nitrogens is 1. The first-order valence-corrected chi connectivity index (χ1v) is 8.87. The first kappa shape index (κ1) is 14.3. The van der Waals surface area contributed by atoms with Crippen molar-refractivity contribution in [2.75, 3.05) is 0 Å². The van der Waals surface area contributed by atoms with Gasteiger partial charge in [-0.2, -0.15) is 0 Å². The van der Waals surface area contributed by atoms with E-state index in [0.29, 0.717) is 11.3 Å². The van der Waals surface area contributed by atoms with Crippen molar-refractivity contribution in [1.29, 1.82) is 0 Å². The predicted octanol–water partition coefficient (Wildman–Crippen LogP) is 5.52. The van der Waals surface area contributed by atoms with Crippen LogP contribution in [0.3, 0.4) is 0 Å². The third-order valence-electron chi connectivity index (χ3n) is 4.65. The fourth-order valence-electron chi connectivity index (χ4n) is 3.31. The summed E-state index contributed by atoms with van der Waals surface area (Å²) in [6.45, 7) is 4.68. The van der Waals surface area contributed by atoms with Gasteiger partial charge in [0, 0.05) is 11.8 Å². The number of nitrogens with zero attached hydrogens (tertiary/aromatic N) is 1. The molecule has 2 aromatic rings. The minimum absolute atomic E-state index is 0.331. The lowest BCUT2D eigenvalue weighted by Crippen LogP contribution is -2.29. The van der Waals surface area contributed by atoms with Crippen LogP contribution in [0.4, 0.5) is 0 Å². The highest BCUT2D eigenvalue weighted by Crippen LogP contribution is 2.39. The molecule has 3 heteroatoms. The number of halogens is 1. The van der Waals surface area contributed by atoms with Gasteiger partial charge in [-0.25, -0.2) is 4.98 Å². The first-order chi connectivity index (χ1) is 9.63. The number of benzene rings is 1. The number of hydrogen-bond acceptors (Lipinski definition) is 2. The number of rotatable bonds is 3. The van der Waals surface area contributed by atoms with Crippen molar-refractivity contribution in [3.05, 3.63) is 29.3 Å². The monoisotopic (exact) mass is 307 g/mol. The number of para-hydroxylation sites is 1. The summed E-state index contributed by atoms with van der Waals surface area (Å²) in [5, 5.41) is 1.59. The summed E-state index contributed by atoms with van der Waals surface area (Å²) < 4.78 is 1.30. The average molecular weight is 308 g/mol. The molecular weight excluding hydrogens is 286 g/mol. The lowest BCUT2D eigenvalue weighted by Gasteiger charge is -2.34. The summed E-state index contributed by atoms with van der Waals surface area (Å²) >= 11 is 8.41. The van der Waals surface area contributed by atoms with Crippen LogP contribution < -0.4 is 0 Å². The molecule has 0 amide bonds. The quantitative estimate of drug-likeness (QED) is 0.680. The highest BCUT2D eigenvalue weighted by Gasteiger charge is 2.31. The second kappa shape index (κ2) is 6.03. The maximum atomic E-state index is 6.58. The fourth-order valence-corrected chi connectivity index (χ4v) is 4.69. The average Bonchev–Trinajstić information content (AvgIpc) is 2.83. The van der Waals surface area contributed by atoms with Gasteiger partial charge < -0.3 is 0 Å². The van der Waals surface area contributed by atoms with Crippen molar-refractivity contribution in [3.63, 3.8) is 0 Å². The van der Waals surface area contributed by atoms with E-state index in [0.717, 1.165) is 23.8 Å². The minimum Gasteiger partial charge on any atom is -0.241 e. The molecule has 0 bridgehead atoms. The molecule has 3 atom stereocenters. The highest BCUT2D eigenvalue weighted by molar-refractivity contribution is 7.18. The Morgan fingerprint density at radius 3 is 2.85 bits per heavy atom. The van der Waals surface area contributed by atoms with Crippen molar-refractivity contribution in [2.24, 2.45) is 17.8 Å². The molecule has 1 aromatic heterocycles. The van der Waals surface area contributed by atoms with E-state index in [1.807, 2.05) is 11.3 Å². The van der Waals surface area contributed by atoms with Crippen LogP contribution in [0.5, 0.6) is 0 Å². The van der Waals surface area contributed by atoms with Crippen LogP contribution in [-0.2, 0) is 6.42 Å². The maximum Gasteiger partial charge on any atom is 0.0941 e. The van der Waals surface area contributed by atoms with Crippen LogP contribution in [0.2, 0.25) is 0 Å². The van der Waals surface area contributed by atoms with E-state index in [-0.39, 0.29) is 0 Å². The van der Waals surface area contributed by atoms with Crippen LogP contribution >= 0.6 is 22.9 Å². The van der Waals surface area contributed by atoms with Crippen molar-refractivity contribution in [3.8, 4) is 0 Å². The molecule has 1 heterocycles. The van der Waals surface area contributed by atoms with Gasteiger partial charge in [-0.1, -0.05) is 26.0 Å². The third kappa shape index (κ3) is 3.01. The standard InChI is InChI=1S/C17H22ClNS/c1-11(2)12-7-8-14(18)13(9-12)10-17-19-15-5-3-4-6-16(15)20-17/h3-6,11-14H,7-10H2,1-2H3. The van der Waals surface area contributed by atoms with Gasteiger partial charge in [0.15, 0.2) is 0 Å². The number of fused-ring (bicyclic) bond motifs is 1. The van der Waals surface area contributed by atoms with E-state index in [4.69, 9.17) is 16.6 Å². The van der Waals surface area contributed by atoms with Gasteiger partial charge in [-0.3, -0.25) is 0 Å². The topological polar surface area (TPSA) is 12.9 Å². The molecule has 0 saturated heterocycles. The normalized spacial score (nSPS) is 27.3. The van der Waals surface area contributed by atoms with Crippen molar-refractivity contribution >= 4 is 33.2 Å². The molecule has 0 N–H and O–H groups in total. The summed E-state index contributed by atoms with van der Waals surface area (Å²) in [4.78, 5) is 4.77. The zero-order chi connectivity index (χ0) is 14.1. The Kier molecular flexibility index (Phi) is 4.32. The molecule has 1 aliphatic carbocycles. The minimum atomic E-state index is 0.331. The summed E-state index contributed by atoms with van der Waals surface area (Å²) in [6, 6.07) is 8.41. The van der Waals surface area contributed by atoms with E-state index in [2.05, 4.69) is 38.1 Å². The van der Waals surface area contributed by atoms with E-state index >= 15 is 0 Å². The largest absolute Gasteiger partial charge is 0.241 e. The molecular formula is C17H22ClNS. The van der Waals surface area contributed by atoms with Gasteiger partial charge in [0.2, 0.25) is 0 Å². The second-order valence-corrected chi connectivity index (χ2v) is 8.05. The predicted molar refractivity (Wildman–Crippen MR) is 88.6 cm³/mol. The Morgan fingerprint density at radius 2 is 2.10 bits per heavy atom. The van der Waals surface area contributed by atoms with Gasteiger partial charge in [0.05, 0.1) is 15.2 Å². The van der Waals surface area contributed by atoms with Gasteiger partial charge in [0.1, 0.15) is 0 Å². The zero-order valence-corrected chi connectivity index (χ0v) is 13.8. The first-order valence-electron chi connectivity index (χ1n) is 7.62. The van der Waals surface area contributed by atoms with Gasteiger partial charge in [-0.05, 0) is 49.1 Å². The fraction of sp³-hybridized carbons (Fsp3) is 0.588. The molecule has 1 aliphatic rings. The van der Waals surface area contributed by atoms with E-state index in [1.54, 1.807) is 0 Å². The molecule has 108 valence electrons. The molecule has 3 unspecified atom stereocenters. The van der Waals surface area contributed by atoms with Crippen LogP contribution in [0.15, 0.2) is 24.3 Å². The molecule has 0 spiro atoms. The Hall–Kier alpha value is -0.600. The maximum absolute atomic E-state index is 6.58. The lowest BCUT2D eigenvalue weighted by molar-refractivity contribution is 0.218. The van der Waals surface area contributed by atoms with Crippen molar-refractivity contribution in [1.82, 2.24) is 4.98 Å². The Bertz CT molecular complexity index is 544. The lowest BCUT2D eigenvalue weighted by atomic mass is 9.75. The van der Waals surface area contributed by atoms with Gasteiger partial charge >= 0.3 is 0 Å².